The highest BCUT2D eigenvalue weighted by molar-refractivity contribution is 5.97. The average Bonchev–Trinajstić information content (AvgIpc) is 2.72. The van der Waals surface area contributed by atoms with Gasteiger partial charge in [-0.3, -0.25) is 4.79 Å². The molecule has 0 heterocycles. The maximum atomic E-state index is 12.7. The van der Waals surface area contributed by atoms with Crippen LogP contribution in [0.1, 0.15) is 34.8 Å². The number of carbonyl (C=O) groups excluding carboxylic acids is 1. The van der Waals surface area contributed by atoms with Crippen LogP contribution in [0.15, 0.2) is 84.9 Å². The largest absolute Gasteiger partial charge is 0.488 e. The molecule has 1 atom stereocenters. The van der Waals surface area contributed by atoms with E-state index in [4.69, 9.17) is 4.74 Å². The Morgan fingerprint density at radius 1 is 0.852 bits per heavy atom. The van der Waals surface area contributed by atoms with E-state index in [1.807, 2.05) is 73.7 Å². The van der Waals surface area contributed by atoms with Crippen LogP contribution in [0.4, 0.5) is 0 Å². The molecule has 0 bridgehead atoms. The fourth-order valence-electron chi connectivity index (χ4n) is 2.92. The van der Waals surface area contributed by atoms with Crippen LogP contribution in [-0.2, 0) is 13.0 Å². The summed E-state index contributed by atoms with van der Waals surface area (Å²) in [6.07, 6.45) is 1.83. The lowest BCUT2D eigenvalue weighted by molar-refractivity contribution is 0.0934. The van der Waals surface area contributed by atoms with E-state index in [0.717, 1.165) is 18.4 Å². The smallest absolute Gasteiger partial charge is 0.255 e. The number of benzene rings is 3. The first-order valence-corrected chi connectivity index (χ1v) is 9.33. The standard InChI is InChI=1S/C24H25NO2/c1-19(16-17-20-10-4-2-5-11-20)25-24(26)22-14-8-9-15-23(22)27-18-21-12-6-3-7-13-21/h2-15,19H,16-18H2,1H3,(H,25,26)/t19-/m1/s1. The van der Waals surface area contributed by atoms with E-state index in [9.17, 15) is 4.79 Å². The molecule has 0 aliphatic rings. The second-order valence-electron chi connectivity index (χ2n) is 6.67. The van der Waals surface area contributed by atoms with Crippen LogP contribution < -0.4 is 10.1 Å². The van der Waals surface area contributed by atoms with Crippen molar-refractivity contribution in [3.05, 3.63) is 102 Å². The molecule has 0 aliphatic carbocycles. The first-order chi connectivity index (χ1) is 13.2. The number of aryl methyl sites for hydroxylation is 1. The van der Waals surface area contributed by atoms with Gasteiger partial charge in [-0.25, -0.2) is 0 Å². The monoisotopic (exact) mass is 359 g/mol. The topological polar surface area (TPSA) is 38.3 Å². The summed E-state index contributed by atoms with van der Waals surface area (Å²) in [5.41, 5.74) is 2.93. The predicted molar refractivity (Wildman–Crippen MR) is 109 cm³/mol. The van der Waals surface area contributed by atoms with Crippen molar-refractivity contribution in [3.63, 3.8) is 0 Å². The van der Waals surface area contributed by atoms with Crippen LogP contribution in [0.3, 0.4) is 0 Å². The van der Waals surface area contributed by atoms with Gasteiger partial charge in [0.25, 0.3) is 5.91 Å². The lowest BCUT2D eigenvalue weighted by atomic mass is 10.1. The molecule has 0 saturated carbocycles. The van der Waals surface area contributed by atoms with Crippen molar-refractivity contribution < 1.29 is 9.53 Å². The van der Waals surface area contributed by atoms with E-state index in [-0.39, 0.29) is 11.9 Å². The van der Waals surface area contributed by atoms with Crippen LogP contribution in [0.25, 0.3) is 0 Å². The molecule has 1 N–H and O–H groups in total. The van der Waals surface area contributed by atoms with Crippen molar-refractivity contribution in [2.24, 2.45) is 0 Å². The van der Waals surface area contributed by atoms with Gasteiger partial charge in [-0.2, -0.15) is 0 Å². The summed E-state index contributed by atoms with van der Waals surface area (Å²) < 4.78 is 5.89. The SMILES string of the molecule is C[C@H](CCc1ccccc1)NC(=O)c1ccccc1OCc1ccccc1. The number of rotatable bonds is 8. The Bertz CT molecular complexity index is 847. The summed E-state index contributed by atoms with van der Waals surface area (Å²) in [6, 6.07) is 27.7. The number of ether oxygens (including phenoxy) is 1. The van der Waals surface area contributed by atoms with Gasteiger partial charge in [0.15, 0.2) is 0 Å². The third-order valence-electron chi connectivity index (χ3n) is 4.46. The lowest BCUT2D eigenvalue weighted by Crippen LogP contribution is -2.33. The molecule has 27 heavy (non-hydrogen) atoms. The normalized spacial score (nSPS) is 11.6. The Morgan fingerprint density at radius 3 is 2.15 bits per heavy atom. The Kier molecular flexibility index (Phi) is 6.64. The number of hydrogen-bond acceptors (Lipinski definition) is 2. The first kappa shape index (κ1) is 18.7. The number of nitrogens with one attached hydrogen (secondary N) is 1. The van der Waals surface area contributed by atoms with Gasteiger partial charge in [0.2, 0.25) is 0 Å². The summed E-state index contributed by atoms with van der Waals surface area (Å²) in [4.78, 5) is 12.7. The molecule has 3 heteroatoms. The van der Waals surface area contributed by atoms with Gasteiger partial charge in [-0.05, 0) is 43.0 Å². The van der Waals surface area contributed by atoms with Crippen LogP contribution in [0.2, 0.25) is 0 Å². The van der Waals surface area contributed by atoms with Crippen molar-refractivity contribution in [3.8, 4) is 5.75 Å². The van der Waals surface area contributed by atoms with Crippen molar-refractivity contribution in [1.29, 1.82) is 0 Å². The van der Waals surface area contributed by atoms with Gasteiger partial charge in [0.1, 0.15) is 12.4 Å². The van der Waals surface area contributed by atoms with Crippen molar-refractivity contribution >= 4 is 5.91 Å². The Hall–Kier alpha value is -3.07. The summed E-state index contributed by atoms with van der Waals surface area (Å²) in [5, 5.41) is 3.09. The fourth-order valence-corrected chi connectivity index (χ4v) is 2.92. The minimum atomic E-state index is -0.0979. The number of carbonyl (C=O) groups is 1. The molecule has 0 fully saturated rings. The summed E-state index contributed by atoms with van der Waals surface area (Å²) in [7, 11) is 0. The van der Waals surface area contributed by atoms with E-state index in [0.29, 0.717) is 17.9 Å². The van der Waals surface area contributed by atoms with Crippen molar-refractivity contribution in [1.82, 2.24) is 5.32 Å². The van der Waals surface area contributed by atoms with Crippen LogP contribution in [0.5, 0.6) is 5.75 Å². The van der Waals surface area contributed by atoms with Gasteiger partial charge in [-0.15, -0.1) is 0 Å². The van der Waals surface area contributed by atoms with Crippen LogP contribution >= 0.6 is 0 Å². The second-order valence-corrected chi connectivity index (χ2v) is 6.67. The van der Waals surface area contributed by atoms with Gasteiger partial charge < -0.3 is 10.1 Å². The minimum Gasteiger partial charge on any atom is -0.488 e. The molecule has 0 spiro atoms. The molecule has 0 unspecified atom stereocenters. The molecular formula is C24H25NO2. The third kappa shape index (κ3) is 5.71. The van der Waals surface area contributed by atoms with Crippen LogP contribution in [-0.4, -0.2) is 11.9 Å². The molecule has 0 saturated heterocycles. The van der Waals surface area contributed by atoms with E-state index in [1.165, 1.54) is 5.56 Å². The Morgan fingerprint density at radius 2 is 1.44 bits per heavy atom. The molecular weight excluding hydrogens is 334 g/mol. The van der Waals surface area contributed by atoms with E-state index >= 15 is 0 Å². The maximum absolute atomic E-state index is 12.7. The zero-order valence-corrected chi connectivity index (χ0v) is 15.6. The lowest BCUT2D eigenvalue weighted by Gasteiger charge is -2.16. The summed E-state index contributed by atoms with van der Waals surface area (Å²) in [6.45, 7) is 2.48. The highest BCUT2D eigenvalue weighted by Gasteiger charge is 2.14. The number of hydrogen-bond donors (Lipinski definition) is 1. The molecule has 1 amide bonds. The molecule has 3 nitrogen and oxygen atoms in total. The summed E-state index contributed by atoms with van der Waals surface area (Å²) in [5.74, 6) is 0.508. The fraction of sp³-hybridized carbons (Fsp3) is 0.208. The van der Waals surface area contributed by atoms with Crippen LogP contribution in [0, 0.1) is 0 Å². The van der Waals surface area contributed by atoms with Gasteiger partial charge >= 0.3 is 0 Å². The summed E-state index contributed by atoms with van der Waals surface area (Å²) >= 11 is 0. The van der Waals surface area contributed by atoms with Gasteiger partial charge in [0, 0.05) is 6.04 Å². The number of para-hydroxylation sites is 1. The van der Waals surface area contributed by atoms with E-state index < -0.39 is 0 Å². The number of amides is 1. The zero-order valence-electron chi connectivity index (χ0n) is 15.6. The molecule has 0 aromatic heterocycles. The minimum absolute atomic E-state index is 0.0832. The Balaban J connectivity index is 1.57. The van der Waals surface area contributed by atoms with Crippen molar-refractivity contribution in [2.45, 2.75) is 32.4 Å². The molecule has 3 rings (SSSR count). The maximum Gasteiger partial charge on any atom is 0.255 e. The molecule has 3 aromatic carbocycles. The third-order valence-corrected chi connectivity index (χ3v) is 4.46. The Labute approximate surface area is 161 Å². The second kappa shape index (κ2) is 9.58. The predicted octanol–water partition coefficient (Wildman–Crippen LogP) is 5.02. The highest BCUT2D eigenvalue weighted by atomic mass is 16.5. The van der Waals surface area contributed by atoms with Crippen molar-refractivity contribution in [2.75, 3.05) is 0 Å². The van der Waals surface area contributed by atoms with E-state index in [2.05, 4.69) is 17.4 Å². The molecule has 0 radical (unpaired) electrons. The zero-order chi connectivity index (χ0) is 18.9. The first-order valence-electron chi connectivity index (χ1n) is 9.33. The molecule has 0 aliphatic heterocycles. The molecule has 3 aromatic rings. The molecule has 138 valence electrons. The highest BCUT2D eigenvalue weighted by Crippen LogP contribution is 2.20. The van der Waals surface area contributed by atoms with Gasteiger partial charge in [-0.1, -0.05) is 72.8 Å². The van der Waals surface area contributed by atoms with E-state index in [1.54, 1.807) is 6.07 Å². The quantitative estimate of drug-likeness (QED) is 0.613. The average molecular weight is 359 g/mol. The van der Waals surface area contributed by atoms with Gasteiger partial charge in [0.05, 0.1) is 5.56 Å².